The Bertz CT molecular complexity index is 444. The zero-order chi connectivity index (χ0) is 13.7. The standard InChI is InChI=1S/C12H20N6O/c1-14-9-7-10(17-12(13)16-9)15-8-11(19)18-5-3-2-4-6-18/h7H,2-6,8H2,1H3,(H4,13,14,15,16,17). The van der Waals surface area contributed by atoms with Crippen molar-refractivity contribution in [3.8, 4) is 0 Å². The lowest BCUT2D eigenvalue weighted by Crippen LogP contribution is -2.39. The van der Waals surface area contributed by atoms with Crippen LogP contribution in [0.25, 0.3) is 0 Å². The van der Waals surface area contributed by atoms with Crippen LogP contribution in [0, 0.1) is 0 Å². The van der Waals surface area contributed by atoms with E-state index in [9.17, 15) is 4.79 Å². The Morgan fingerprint density at radius 3 is 2.68 bits per heavy atom. The highest BCUT2D eigenvalue weighted by molar-refractivity contribution is 5.80. The van der Waals surface area contributed by atoms with Crippen LogP contribution in [0.5, 0.6) is 0 Å². The molecule has 1 fully saturated rings. The van der Waals surface area contributed by atoms with Gasteiger partial charge in [0, 0.05) is 26.2 Å². The largest absolute Gasteiger partial charge is 0.373 e. The fraction of sp³-hybridized carbons (Fsp3) is 0.583. The number of nitrogens with zero attached hydrogens (tertiary/aromatic N) is 3. The zero-order valence-corrected chi connectivity index (χ0v) is 11.1. The number of aromatic nitrogens is 2. The number of rotatable bonds is 4. The summed E-state index contributed by atoms with van der Waals surface area (Å²) < 4.78 is 0. The molecule has 104 valence electrons. The number of nitrogen functional groups attached to an aromatic ring is 1. The lowest BCUT2D eigenvalue weighted by Gasteiger charge is -2.26. The zero-order valence-electron chi connectivity index (χ0n) is 11.1. The number of anilines is 3. The van der Waals surface area contributed by atoms with Crippen LogP contribution in [0.4, 0.5) is 17.6 Å². The first kappa shape index (κ1) is 13.4. The highest BCUT2D eigenvalue weighted by atomic mass is 16.2. The molecule has 7 heteroatoms. The van der Waals surface area contributed by atoms with Gasteiger partial charge in [0.1, 0.15) is 11.6 Å². The maximum atomic E-state index is 12.0. The number of carbonyl (C=O) groups is 1. The minimum Gasteiger partial charge on any atom is -0.373 e. The molecule has 1 aliphatic rings. The molecular formula is C12H20N6O. The average Bonchev–Trinajstić information content (AvgIpc) is 2.45. The lowest BCUT2D eigenvalue weighted by atomic mass is 10.1. The van der Waals surface area contributed by atoms with Crippen molar-refractivity contribution in [3.63, 3.8) is 0 Å². The monoisotopic (exact) mass is 264 g/mol. The normalized spacial score (nSPS) is 15.1. The fourth-order valence-electron chi connectivity index (χ4n) is 2.11. The van der Waals surface area contributed by atoms with Crippen molar-refractivity contribution in [1.82, 2.24) is 14.9 Å². The molecule has 1 saturated heterocycles. The summed E-state index contributed by atoms with van der Waals surface area (Å²) in [4.78, 5) is 21.9. The number of amides is 1. The van der Waals surface area contributed by atoms with E-state index in [4.69, 9.17) is 5.73 Å². The molecule has 1 amide bonds. The third kappa shape index (κ3) is 3.70. The van der Waals surface area contributed by atoms with Crippen LogP contribution in [-0.2, 0) is 4.79 Å². The Labute approximate surface area is 112 Å². The van der Waals surface area contributed by atoms with Crippen LogP contribution in [0.3, 0.4) is 0 Å². The van der Waals surface area contributed by atoms with Gasteiger partial charge in [-0.15, -0.1) is 0 Å². The van der Waals surface area contributed by atoms with Crippen LogP contribution in [0.1, 0.15) is 19.3 Å². The summed E-state index contributed by atoms with van der Waals surface area (Å²) in [7, 11) is 1.75. The minimum atomic E-state index is 0.0999. The highest BCUT2D eigenvalue weighted by Crippen LogP contribution is 2.12. The van der Waals surface area contributed by atoms with E-state index in [2.05, 4.69) is 20.6 Å². The summed E-state index contributed by atoms with van der Waals surface area (Å²) in [5.74, 6) is 1.46. The Kier molecular flexibility index (Phi) is 4.38. The van der Waals surface area contributed by atoms with Crippen LogP contribution in [-0.4, -0.2) is 47.5 Å². The molecule has 0 radical (unpaired) electrons. The Balaban J connectivity index is 1.90. The molecule has 7 nitrogen and oxygen atoms in total. The summed E-state index contributed by atoms with van der Waals surface area (Å²) in [6.07, 6.45) is 3.40. The number of hydrogen-bond acceptors (Lipinski definition) is 6. The summed E-state index contributed by atoms with van der Waals surface area (Å²) in [6.45, 7) is 1.95. The van der Waals surface area contributed by atoms with Crippen molar-refractivity contribution in [1.29, 1.82) is 0 Å². The van der Waals surface area contributed by atoms with Crippen molar-refractivity contribution in [2.75, 3.05) is 43.0 Å². The molecule has 1 aromatic rings. The molecule has 19 heavy (non-hydrogen) atoms. The second-order valence-corrected chi connectivity index (χ2v) is 4.54. The summed E-state index contributed by atoms with van der Waals surface area (Å²) >= 11 is 0. The van der Waals surface area contributed by atoms with Gasteiger partial charge >= 0.3 is 0 Å². The van der Waals surface area contributed by atoms with Gasteiger partial charge in [0.15, 0.2) is 0 Å². The van der Waals surface area contributed by atoms with Crippen molar-refractivity contribution < 1.29 is 4.79 Å². The number of piperidine rings is 1. The van der Waals surface area contributed by atoms with E-state index >= 15 is 0 Å². The lowest BCUT2D eigenvalue weighted by molar-refractivity contribution is -0.130. The van der Waals surface area contributed by atoms with Gasteiger partial charge in [-0.25, -0.2) is 0 Å². The second kappa shape index (κ2) is 6.21. The molecular weight excluding hydrogens is 244 g/mol. The summed E-state index contributed by atoms with van der Waals surface area (Å²) in [6, 6.07) is 1.72. The van der Waals surface area contributed by atoms with E-state index in [1.807, 2.05) is 4.90 Å². The van der Waals surface area contributed by atoms with Gasteiger partial charge in [0.05, 0.1) is 6.54 Å². The van der Waals surface area contributed by atoms with Gasteiger partial charge < -0.3 is 21.3 Å². The highest BCUT2D eigenvalue weighted by Gasteiger charge is 2.16. The van der Waals surface area contributed by atoms with E-state index in [0.717, 1.165) is 25.9 Å². The topological polar surface area (TPSA) is 96.2 Å². The smallest absolute Gasteiger partial charge is 0.241 e. The van der Waals surface area contributed by atoms with Gasteiger partial charge in [0.25, 0.3) is 0 Å². The third-order valence-electron chi connectivity index (χ3n) is 3.13. The van der Waals surface area contributed by atoms with Gasteiger partial charge in [0.2, 0.25) is 11.9 Å². The molecule has 0 aliphatic carbocycles. The van der Waals surface area contributed by atoms with Gasteiger partial charge in [-0.1, -0.05) is 0 Å². The molecule has 2 heterocycles. The first-order valence-electron chi connectivity index (χ1n) is 6.53. The molecule has 2 rings (SSSR count). The second-order valence-electron chi connectivity index (χ2n) is 4.54. The maximum Gasteiger partial charge on any atom is 0.241 e. The van der Waals surface area contributed by atoms with Gasteiger partial charge in [-0.3, -0.25) is 4.79 Å². The molecule has 0 saturated carbocycles. The predicted molar refractivity (Wildman–Crippen MR) is 74.9 cm³/mol. The quantitative estimate of drug-likeness (QED) is 0.734. The van der Waals surface area contributed by atoms with Gasteiger partial charge in [-0.05, 0) is 19.3 Å². The first-order chi connectivity index (χ1) is 9.19. The Hall–Kier alpha value is -2.05. The fourth-order valence-corrected chi connectivity index (χ4v) is 2.11. The summed E-state index contributed by atoms with van der Waals surface area (Å²) in [5, 5.41) is 5.89. The van der Waals surface area contributed by atoms with E-state index in [1.54, 1.807) is 13.1 Å². The molecule has 0 bridgehead atoms. The number of carbonyl (C=O) groups excluding carboxylic acids is 1. The first-order valence-corrected chi connectivity index (χ1v) is 6.53. The molecule has 1 aliphatic heterocycles. The molecule has 1 aromatic heterocycles. The number of likely N-dealkylation sites (tertiary alicyclic amines) is 1. The predicted octanol–water partition coefficient (Wildman–Crippen LogP) is 0.525. The van der Waals surface area contributed by atoms with E-state index in [1.165, 1.54) is 6.42 Å². The molecule has 0 unspecified atom stereocenters. The Morgan fingerprint density at radius 1 is 1.32 bits per heavy atom. The van der Waals surface area contributed by atoms with E-state index in [-0.39, 0.29) is 18.4 Å². The van der Waals surface area contributed by atoms with Gasteiger partial charge in [-0.2, -0.15) is 9.97 Å². The number of nitrogens with two attached hydrogens (primary N) is 1. The van der Waals surface area contributed by atoms with Crippen LogP contribution < -0.4 is 16.4 Å². The minimum absolute atomic E-state index is 0.0999. The number of nitrogens with one attached hydrogen (secondary N) is 2. The van der Waals surface area contributed by atoms with E-state index < -0.39 is 0 Å². The molecule has 0 atom stereocenters. The third-order valence-corrected chi connectivity index (χ3v) is 3.13. The van der Waals surface area contributed by atoms with Crippen LogP contribution in [0.15, 0.2) is 6.07 Å². The van der Waals surface area contributed by atoms with Crippen molar-refractivity contribution in [2.24, 2.45) is 0 Å². The average molecular weight is 264 g/mol. The molecule has 0 aromatic carbocycles. The van der Waals surface area contributed by atoms with Crippen molar-refractivity contribution >= 4 is 23.5 Å². The maximum absolute atomic E-state index is 12.0. The Morgan fingerprint density at radius 2 is 2.00 bits per heavy atom. The van der Waals surface area contributed by atoms with Crippen molar-refractivity contribution in [2.45, 2.75) is 19.3 Å². The molecule has 0 spiro atoms. The molecule has 4 N–H and O–H groups in total. The van der Waals surface area contributed by atoms with Crippen molar-refractivity contribution in [3.05, 3.63) is 6.07 Å². The van der Waals surface area contributed by atoms with Crippen LogP contribution in [0.2, 0.25) is 0 Å². The summed E-state index contributed by atoms with van der Waals surface area (Å²) in [5.41, 5.74) is 5.59. The SMILES string of the molecule is CNc1cc(NCC(=O)N2CCCCC2)nc(N)n1. The number of hydrogen-bond donors (Lipinski definition) is 3. The van der Waals surface area contributed by atoms with E-state index in [0.29, 0.717) is 11.6 Å². The van der Waals surface area contributed by atoms with Crippen LogP contribution >= 0.6 is 0 Å².